The van der Waals surface area contributed by atoms with Crippen molar-refractivity contribution in [2.75, 3.05) is 14.1 Å². The van der Waals surface area contributed by atoms with Crippen molar-refractivity contribution in [3.8, 4) is 5.75 Å². The maximum Gasteiger partial charge on any atom is 0.193 e. The second kappa shape index (κ2) is 7.90. The minimum absolute atomic E-state index is 0.00524. The van der Waals surface area contributed by atoms with Gasteiger partial charge in [0.25, 0.3) is 0 Å². The van der Waals surface area contributed by atoms with Gasteiger partial charge in [0.2, 0.25) is 0 Å². The maximum atomic E-state index is 12.8. The fourth-order valence-corrected chi connectivity index (χ4v) is 3.89. The second-order valence-electron chi connectivity index (χ2n) is 7.41. The van der Waals surface area contributed by atoms with E-state index in [-0.39, 0.29) is 17.6 Å². The smallest absolute Gasteiger partial charge is 0.193 e. The van der Waals surface area contributed by atoms with Crippen LogP contribution < -0.4 is 0 Å². The van der Waals surface area contributed by atoms with Crippen molar-refractivity contribution in [3.63, 3.8) is 0 Å². The molecule has 0 fully saturated rings. The van der Waals surface area contributed by atoms with Gasteiger partial charge in [-0.25, -0.2) is 0 Å². The molecule has 29 heavy (non-hydrogen) atoms. The van der Waals surface area contributed by atoms with Crippen LogP contribution in [0.5, 0.6) is 5.75 Å². The van der Waals surface area contributed by atoms with E-state index in [0.29, 0.717) is 11.1 Å². The van der Waals surface area contributed by atoms with Crippen molar-refractivity contribution >= 4 is 16.6 Å². The molecule has 0 aliphatic rings. The van der Waals surface area contributed by atoms with Crippen molar-refractivity contribution in [2.24, 2.45) is 0 Å². The number of ketones is 1. The molecule has 0 bridgehead atoms. The van der Waals surface area contributed by atoms with Crippen LogP contribution >= 0.6 is 0 Å². The molecule has 0 aromatic heterocycles. The van der Waals surface area contributed by atoms with Crippen molar-refractivity contribution in [2.45, 2.75) is 6.04 Å². The van der Waals surface area contributed by atoms with Crippen molar-refractivity contribution in [1.82, 2.24) is 4.90 Å². The number of hydrogen-bond donors (Lipinski definition) is 1. The molecule has 0 aliphatic carbocycles. The van der Waals surface area contributed by atoms with Gasteiger partial charge in [-0.3, -0.25) is 9.69 Å². The number of carbonyl (C=O) groups is 1. The highest BCUT2D eigenvalue weighted by atomic mass is 16.3. The van der Waals surface area contributed by atoms with Gasteiger partial charge in [0, 0.05) is 16.7 Å². The summed E-state index contributed by atoms with van der Waals surface area (Å²) in [7, 11) is 4.01. The van der Waals surface area contributed by atoms with Gasteiger partial charge in [-0.2, -0.15) is 0 Å². The quantitative estimate of drug-likeness (QED) is 0.469. The first-order valence-corrected chi connectivity index (χ1v) is 9.63. The van der Waals surface area contributed by atoms with E-state index < -0.39 is 0 Å². The number of aromatic hydroxyl groups is 1. The van der Waals surface area contributed by atoms with Gasteiger partial charge in [0.1, 0.15) is 5.75 Å². The maximum absolute atomic E-state index is 12.8. The summed E-state index contributed by atoms with van der Waals surface area (Å²) < 4.78 is 0. The van der Waals surface area contributed by atoms with Crippen LogP contribution in [-0.4, -0.2) is 29.9 Å². The first kappa shape index (κ1) is 18.9. The number of hydrogen-bond acceptors (Lipinski definition) is 3. The van der Waals surface area contributed by atoms with E-state index in [4.69, 9.17) is 0 Å². The number of phenolic OH excluding ortho intramolecular Hbond substituents is 1. The lowest BCUT2D eigenvalue weighted by atomic mass is 9.90. The number of rotatable bonds is 5. The topological polar surface area (TPSA) is 40.5 Å². The highest BCUT2D eigenvalue weighted by Crippen LogP contribution is 2.38. The Morgan fingerprint density at radius 3 is 2.10 bits per heavy atom. The van der Waals surface area contributed by atoms with Crippen LogP contribution in [0, 0.1) is 0 Å². The van der Waals surface area contributed by atoms with Crippen LogP contribution in [0.1, 0.15) is 33.1 Å². The second-order valence-corrected chi connectivity index (χ2v) is 7.41. The summed E-state index contributed by atoms with van der Waals surface area (Å²) in [6.45, 7) is 0. The standard InChI is InChI=1S/C26H23NO2/c1-27(2)25(18-9-5-3-6-10-18)24-22-15-13-21(17-20(22)14-16-23(24)28)26(29)19-11-7-4-8-12-19/h3-17,25,28H,1-2H3. The van der Waals surface area contributed by atoms with Crippen molar-refractivity contribution < 1.29 is 9.90 Å². The fraction of sp³-hybridized carbons (Fsp3) is 0.115. The van der Waals surface area contributed by atoms with Gasteiger partial charge < -0.3 is 5.11 Å². The number of nitrogens with zero attached hydrogens (tertiary/aromatic N) is 1. The summed E-state index contributed by atoms with van der Waals surface area (Å²) in [5.74, 6) is 0.247. The van der Waals surface area contributed by atoms with E-state index in [1.54, 1.807) is 6.07 Å². The van der Waals surface area contributed by atoms with E-state index in [9.17, 15) is 9.90 Å². The molecular formula is C26H23NO2. The molecular weight excluding hydrogens is 358 g/mol. The fourth-order valence-electron chi connectivity index (χ4n) is 3.89. The molecule has 0 saturated heterocycles. The van der Waals surface area contributed by atoms with Gasteiger partial charge >= 0.3 is 0 Å². The Kier molecular flexibility index (Phi) is 5.15. The third kappa shape index (κ3) is 3.65. The van der Waals surface area contributed by atoms with E-state index in [2.05, 4.69) is 17.0 Å². The Morgan fingerprint density at radius 2 is 1.45 bits per heavy atom. The highest BCUT2D eigenvalue weighted by molar-refractivity contribution is 6.10. The zero-order chi connectivity index (χ0) is 20.4. The van der Waals surface area contributed by atoms with Gasteiger partial charge in [-0.15, -0.1) is 0 Å². The lowest BCUT2D eigenvalue weighted by Gasteiger charge is -2.27. The molecule has 3 nitrogen and oxygen atoms in total. The number of benzene rings is 4. The first-order valence-electron chi connectivity index (χ1n) is 9.63. The van der Waals surface area contributed by atoms with Crippen molar-refractivity contribution in [3.05, 3.63) is 113 Å². The van der Waals surface area contributed by atoms with Crippen molar-refractivity contribution in [1.29, 1.82) is 0 Å². The lowest BCUT2D eigenvalue weighted by molar-refractivity contribution is 0.103. The van der Waals surface area contributed by atoms with E-state index in [0.717, 1.165) is 21.9 Å². The predicted octanol–water partition coefficient (Wildman–Crippen LogP) is 5.43. The van der Waals surface area contributed by atoms with Gasteiger partial charge in [-0.05, 0) is 42.6 Å². The summed E-state index contributed by atoms with van der Waals surface area (Å²) in [5.41, 5.74) is 3.25. The molecule has 3 heteroatoms. The molecule has 0 amide bonds. The van der Waals surface area contributed by atoms with E-state index in [1.165, 1.54) is 0 Å². The molecule has 4 aromatic rings. The van der Waals surface area contributed by atoms with E-state index >= 15 is 0 Å². The molecule has 4 aromatic carbocycles. The minimum atomic E-state index is -0.101. The first-order chi connectivity index (χ1) is 14.1. The third-order valence-corrected chi connectivity index (χ3v) is 5.24. The Morgan fingerprint density at radius 1 is 0.793 bits per heavy atom. The molecule has 0 heterocycles. The van der Waals surface area contributed by atoms with Gasteiger partial charge in [0.05, 0.1) is 6.04 Å². The number of fused-ring (bicyclic) bond motifs is 1. The van der Waals surface area contributed by atoms with Crippen LogP contribution in [-0.2, 0) is 0 Å². The lowest BCUT2D eigenvalue weighted by Crippen LogP contribution is -2.21. The normalized spacial score (nSPS) is 12.2. The monoisotopic (exact) mass is 381 g/mol. The Hall–Kier alpha value is -3.43. The average Bonchev–Trinajstić information content (AvgIpc) is 2.76. The largest absolute Gasteiger partial charge is 0.508 e. The Balaban J connectivity index is 1.85. The summed E-state index contributed by atoms with van der Waals surface area (Å²) in [4.78, 5) is 14.9. The zero-order valence-corrected chi connectivity index (χ0v) is 16.5. The van der Waals surface area contributed by atoms with Crippen LogP contribution in [0.3, 0.4) is 0 Å². The zero-order valence-electron chi connectivity index (χ0n) is 16.5. The molecule has 144 valence electrons. The third-order valence-electron chi connectivity index (χ3n) is 5.24. The van der Waals surface area contributed by atoms with Crippen LogP contribution in [0.15, 0.2) is 91.0 Å². The predicted molar refractivity (Wildman–Crippen MR) is 117 cm³/mol. The highest BCUT2D eigenvalue weighted by Gasteiger charge is 2.23. The van der Waals surface area contributed by atoms with Gasteiger partial charge in [-0.1, -0.05) is 78.9 Å². The summed E-state index contributed by atoms with van der Waals surface area (Å²) >= 11 is 0. The molecule has 4 rings (SSSR count). The minimum Gasteiger partial charge on any atom is -0.508 e. The number of carbonyl (C=O) groups excluding carboxylic acids is 1. The number of phenols is 1. The molecule has 1 unspecified atom stereocenters. The van der Waals surface area contributed by atoms with Crippen LogP contribution in [0.4, 0.5) is 0 Å². The van der Waals surface area contributed by atoms with Crippen LogP contribution in [0.25, 0.3) is 10.8 Å². The Labute approximate surface area is 170 Å². The Bertz CT molecular complexity index is 1150. The van der Waals surface area contributed by atoms with E-state index in [1.807, 2.05) is 86.9 Å². The molecule has 0 radical (unpaired) electrons. The molecule has 1 atom stereocenters. The van der Waals surface area contributed by atoms with Gasteiger partial charge in [0.15, 0.2) is 5.78 Å². The molecule has 0 spiro atoms. The SMILES string of the molecule is CN(C)C(c1ccccc1)c1c(O)ccc2cc(C(=O)c3ccccc3)ccc12. The molecule has 0 aliphatic heterocycles. The van der Waals surface area contributed by atoms with Crippen LogP contribution in [0.2, 0.25) is 0 Å². The molecule has 0 saturated carbocycles. The summed E-state index contributed by atoms with van der Waals surface area (Å²) in [5, 5.41) is 12.6. The molecule has 1 N–H and O–H groups in total. The average molecular weight is 381 g/mol. The summed E-state index contributed by atoms with van der Waals surface area (Å²) in [6, 6.07) is 28.6. The summed E-state index contributed by atoms with van der Waals surface area (Å²) in [6.07, 6.45) is 0.